The van der Waals surface area contributed by atoms with Gasteiger partial charge in [0.05, 0.1) is 6.04 Å². The van der Waals surface area contributed by atoms with E-state index in [4.69, 9.17) is 0 Å². The van der Waals surface area contributed by atoms with Gasteiger partial charge in [-0.1, -0.05) is 0 Å². The molecule has 0 radical (unpaired) electrons. The molecular weight excluding hydrogens is 464 g/mol. The van der Waals surface area contributed by atoms with Crippen LogP contribution >= 0.6 is 0 Å². The summed E-state index contributed by atoms with van der Waals surface area (Å²) in [5.74, 6) is -1.44. The number of carboxylic acids is 1. The lowest BCUT2D eigenvalue weighted by Crippen LogP contribution is -2.58. The van der Waals surface area contributed by atoms with Crippen LogP contribution in [-0.4, -0.2) is 101 Å². The number of benzene rings is 1. The molecule has 1 aromatic rings. The van der Waals surface area contributed by atoms with Crippen molar-refractivity contribution in [1.82, 2.24) is 20.4 Å². The maximum Gasteiger partial charge on any atom is 0.326 e. The Morgan fingerprint density at radius 3 is 1.58 bits per heavy atom. The van der Waals surface area contributed by atoms with Crippen LogP contribution in [0.5, 0.6) is 0 Å². The molecule has 5 N–H and O–H groups in total. The average molecular weight is 501 g/mol. The van der Waals surface area contributed by atoms with Crippen molar-refractivity contribution in [3.05, 3.63) is 35.4 Å². The Labute approximate surface area is 210 Å². The molecule has 4 atom stereocenters. The minimum atomic E-state index is -1.66. The van der Waals surface area contributed by atoms with Crippen LogP contribution in [0, 0.1) is 23.7 Å². The Kier molecular flexibility index (Phi) is 7.30. The number of carbonyl (C=O) groups excluding carboxylic acids is 2. The average Bonchev–Trinajstić information content (AvgIpc) is 2.91. The fourth-order valence-electron chi connectivity index (χ4n) is 6.79. The van der Waals surface area contributed by atoms with Crippen LogP contribution in [0.1, 0.15) is 46.4 Å². The van der Waals surface area contributed by atoms with E-state index >= 15 is 0 Å². The maximum absolute atomic E-state index is 12.9. The number of rotatable bonds is 8. The third kappa shape index (κ3) is 5.13. The molecule has 2 unspecified atom stereocenters. The van der Waals surface area contributed by atoms with Gasteiger partial charge in [-0.25, -0.2) is 4.79 Å². The first-order valence-electron chi connectivity index (χ1n) is 13.1. The molecule has 196 valence electrons. The SMILES string of the molecule is O=C(NC(C(=O)O)[C@H]1CN2CCC1CC2)c1ccc(C(=O)NC(C(O)O)[C@H]2CN3CCC2CC3)cc1. The van der Waals surface area contributed by atoms with Crippen molar-refractivity contribution < 1.29 is 29.7 Å². The standard InChI is InChI=1S/C26H36N4O6/c31-23(27-21(25(33)34)19-13-29-9-5-15(19)6-10-29)17-1-2-18(4-3-17)24(32)28-22(26(35)36)20-14-30-11-7-16(20)8-12-30/h1-4,15-16,19-22,25,33-34H,5-14H2,(H,27,31)(H,28,32)(H,35,36)/t19-,20-,21?,22?/m0/s1. The second-order valence-electron chi connectivity index (χ2n) is 10.9. The lowest BCUT2D eigenvalue weighted by molar-refractivity contribution is -0.143. The molecule has 6 aliphatic rings. The number of aliphatic carboxylic acids is 1. The molecule has 10 heteroatoms. The van der Waals surface area contributed by atoms with Crippen molar-refractivity contribution in [3.8, 4) is 0 Å². The molecule has 2 amide bonds. The number of aliphatic hydroxyl groups excluding tert-OH is 1. The van der Waals surface area contributed by atoms with E-state index in [-0.39, 0.29) is 17.4 Å². The first-order valence-corrected chi connectivity index (χ1v) is 13.1. The summed E-state index contributed by atoms with van der Waals surface area (Å²) < 4.78 is 0. The van der Waals surface area contributed by atoms with E-state index in [0.717, 1.165) is 58.4 Å². The van der Waals surface area contributed by atoms with E-state index in [9.17, 15) is 29.7 Å². The summed E-state index contributed by atoms with van der Waals surface area (Å²) in [6.45, 7) is 5.40. The van der Waals surface area contributed by atoms with Crippen LogP contribution in [0.4, 0.5) is 0 Å². The zero-order valence-corrected chi connectivity index (χ0v) is 20.4. The molecule has 0 spiro atoms. The van der Waals surface area contributed by atoms with Crippen LogP contribution in [-0.2, 0) is 4.79 Å². The summed E-state index contributed by atoms with van der Waals surface area (Å²) >= 11 is 0. The molecule has 10 nitrogen and oxygen atoms in total. The second kappa shape index (κ2) is 10.5. The summed E-state index contributed by atoms with van der Waals surface area (Å²) in [7, 11) is 0. The number of nitrogens with one attached hydrogen (secondary N) is 2. The molecule has 6 aliphatic heterocycles. The van der Waals surface area contributed by atoms with Gasteiger partial charge in [0.1, 0.15) is 6.04 Å². The zero-order chi connectivity index (χ0) is 25.4. The van der Waals surface area contributed by atoms with Gasteiger partial charge in [-0.15, -0.1) is 0 Å². The highest BCUT2D eigenvalue weighted by Crippen LogP contribution is 2.36. The summed E-state index contributed by atoms with van der Waals surface area (Å²) in [6.07, 6.45) is 2.23. The minimum Gasteiger partial charge on any atom is -0.480 e. The van der Waals surface area contributed by atoms with Crippen molar-refractivity contribution in [2.24, 2.45) is 23.7 Å². The van der Waals surface area contributed by atoms with Gasteiger partial charge in [-0.3, -0.25) is 9.59 Å². The number of nitrogens with zero attached hydrogens (tertiary/aromatic N) is 2. The van der Waals surface area contributed by atoms with E-state index in [2.05, 4.69) is 20.4 Å². The van der Waals surface area contributed by atoms with Gasteiger partial charge >= 0.3 is 5.97 Å². The van der Waals surface area contributed by atoms with Crippen molar-refractivity contribution in [2.45, 2.75) is 44.1 Å². The number of piperidine rings is 6. The molecule has 6 heterocycles. The van der Waals surface area contributed by atoms with Crippen LogP contribution in [0.3, 0.4) is 0 Å². The molecule has 6 saturated heterocycles. The first-order chi connectivity index (χ1) is 17.3. The predicted molar refractivity (Wildman–Crippen MR) is 130 cm³/mol. The van der Waals surface area contributed by atoms with Gasteiger partial charge in [0, 0.05) is 30.1 Å². The monoisotopic (exact) mass is 500 g/mol. The molecule has 0 saturated carbocycles. The Hall–Kier alpha value is -2.53. The molecule has 1 aromatic carbocycles. The molecule has 0 aromatic heterocycles. The largest absolute Gasteiger partial charge is 0.480 e. The highest BCUT2D eigenvalue weighted by molar-refractivity contribution is 5.99. The third-order valence-electron chi connectivity index (χ3n) is 8.88. The fourth-order valence-corrected chi connectivity index (χ4v) is 6.79. The second-order valence-corrected chi connectivity index (χ2v) is 10.9. The molecule has 0 aliphatic carbocycles. The van der Waals surface area contributed by atoms with Gasteiger partial charge in [0.25, 0.3) is 11.8 Å². The van der Waals surface area contributed by atoms with E-state index in [0.29, 0.717) is 23.9 Å². The van der Waals surface area contributed by atoms with Gasteiger partial charge < -0.3 is 35.8 Å². The number of aliphatic hydroxyl groups is 2. The van der Waals surface area contributed by atoms with E-state index in [1.807, 2.05) is 0 Å². The lowest BCUT2D eigenvalue weighted by Gasteiger charge is -2.48. The third-order valence-corrected chi connectivity index (χ3v) is 8.88. The van der Waals surface area contributed by atoms with Gasteiger partial charge in [-0.2, -0.15) is 0 Å². The molecular formula is C26H36N4O6. The molecule has 7 rings (SSSR count). The Balaban J connectivity index is 1.22. The quantitative estimate of drug-likeness (QED) is 0.313. The minimum absolute atomic E-state index is 0.0270. The maximum atomic E-state index is 12.9. The molecule has 6 fully saturated rings. The van der Waals surface area contributed by atoms with Crippen LogP contribution < -0.4 is 10.6 Å². The Bertz CT molecular complexity index is 969. The van der Waals surface area contributed by atoms with Crippen LogP contribution in [0.25, 0.3) is 0 Å². The van der Waals surface area contributed by atoms with E-state index in [1.165, 1.54) is 24.3 Å². The van der Waals surface area contributed by atoms with Gasteiger partial charge in [0.2, 0.25) is 0 Å². The fraction of sp³-hybridized carbons (Fsp3) is 0.654. The summed E-state index contributed by atoms with van der Waals surface area (Å²) in [5, 5.41) is 35.3. The van der Waals surface area contributed by atoms with Gasteiger partial charge in [-0.05, 0) is 93.9 Å². The van der Waals surface area contributed by atoms with Gasteiger partial charge in [0.15, 0.2) is 6.29 Å². The number of hydrogen-bond donors (Lipinski definition) is 5. The van der Waals surface area contributed by atoms with Crippen LogP contribution in [0.2, 0.25) is 0 Å². The number of fused-ring (bicyclic) bond motifs is 6. The summed E-state index contributed by atoms with van der Waals surface area (Å²) in [6, 6.07) is 4.28. The smallest absolute Gasteiger partial charge is 0.326 e. The number of hydrogen-bond acceptors (Lipinski definition) is 7. The number of carboxylic acid groups (broad SMARTS) is 1. The highest BCUT2D eigenvalue weighted by Gasteiger charge is 2.43. The van der Waals surface area contributed by atoms with Crippen LogP contribution in [0.15, 0.2) is 24.3 Å². The Morgan fingerprint density at radius 1 is 0.750 bits per heavy atom. The van der Waals surface area contributed by atoms with Crippen molar-refractivity contribution >= 4 is 17.8 Å². The number of amides is 2. The number of carbonyl (C=O) groups is 3. The van der Waals surface area contributed by atoms with E-state index < -0.39 is 36.2 Å². The summed E-state index contributed by atoms with van der Waals surface area (Å²) in [5.41, 5.74) is 0.570. The summed E-state index contributed by atoms with van der Waals surface area (Å²) in [4.78, 5) is 42.3. The topological polar surface area (TPSA) is 142 Å². The molecule has 36 heavy (non-hydrogen) atoms. The first kappa shape index (κ1) is 25.1. The van der Waals surface area contributed by atoms with E-state index in [1.54, 1.807) is 0 Å². The predicted octanol–water partition coefficient (Wildman–Crippen LogP) is -0.0377. The highest BCUT2D eigenvalue weighted by atomic mass is 16.5. The lowest BCUT2D eigenvalue weighted by atomic mass is 9.75. The van der Waals surface area contributed by atoms with Crippen molar-refractivity contribution in [2.75, 3.05) is 39.3 Å². The van der Waals surface area contributed by atoms with Crippen molar-refractivity contribution in [3.63, 3.8) is 0 Å². The Morgan fingerprint density at radius 2 is 1.19 bits per heavy atom. The zero-order valence-electron chi connectivity index (χ0n) is 20.4. The normalized spacial score (nSPS) is 32.6. The van der Waals surface area contributed by atoms with Crippen molar-refractivity contribution in [1.29, 1.82) is 0 Å². The molecule has 4 bridgehead atoms.